The number of ether oxygens (including phenoxy) is 1. The molecule has 5 heterocycles. The molecule has 0 amide bonds. The molecule has 0 saturated carbocycles. The van der Waals surface area contributed by atoms with Crippen LogP contribution in [0.5, 0.6) is 0 Å². The quantitative estimate of drug-likeness (QED) is 0.198. The van der Waals surface area contributed by atoms with Crippen molar-refractivity contribution < 1.29 is 4.74 Å². The fourth-order valence-electron chi connectivity index (χ4n) is 8.52. The van der Waals surface area contributed by atoms with Crippen LogP contribution in [0.15, 0.2) is 161 Å². The maximum Gasteiger partial charge on any atom is 0.209 e. The number of rotatable bonds is 2. The summed E-state index contributed by atoms with van der Waals surface area (Å²) in [5.74, 6) is 2.51. The van der Waals surface area contributed by atoms with Crippen molar-refractivity contribution in [1.29, 1.82) is 0 Å². The molecule has 2 aliphatic carbocycles. The summed E-state index contributed by atoms with van der Waals surface area (Å²) >= 11 is 1.90. The number of hydrogen-bond donors (Lipinski definition) is 1. The molecule has 0 bridgehead atoms. The predicted molar refractivity (Wildman–Crippen MR) is 214 cm³/mol. The molecule has 5 nitrogen and oxygen atoms in total. The van der Waals surface area contributed by atoms with Crippen molar-refractivity contribution in [1.82, 2.24) is 14.5 Å². The Hall–Kier alpha value is -6.11. The van der Waals surface area contributed by atoms with E-state index in [0.29, 0.717) is 0 Å². The van der Waals surface area contributed by atoms with Crippen LogP contribution in [0, 0.1) is 6.92 Å². The smallest absolute Gasteiger partial charge is 0.209 e. The summed E-state index contributed by atoms with van der Waals surface area (Å²) in [6.45, 7) is 4.34. The molecule has 0 fully saturated rings. The van der Waals surface area contributed by atoms with Crippen molar-refractivity contribution in [2.45, 2.75) is 26.3 Å². The van der Waals surface area contributed by atoms with E-state index in [4.69, 9.17) is 9.73 Å². The van der Waals surface area contributed by atoms with Gasteiger partial charge in [0.15, 0.2) is 0 Å². The van der Waals surface area contributed by atoms with Gasteiger partial charge in [0.1, 0.15) is 11.5 Å². The molecular formula is C45H32N4OS. The molecule has 7 aromatic rings. The Bertz CT molecular complexity index is 2950. The highest BCUT2D eigenvalue weighted by atomic mass is 32.1. The molecule has 11 rings (SSSR count). The largest absolute Gasteiger partial charge is 0.456 e. The lowest BCUT2D eigenvalue weighted by molar-refractivity contribution is 0.313. The van der Waals surface area contributed by atoms with Gasteiger partial charge < -0.3 is 14.6 Å². The molecule has 1 unspecified atom stereocenters. The first kappa shape index (κ1) is 28.7. The zero-order valence-electron chi connectivity index (χ0n) is 28.1. The van der Waals surface area contributed by atoms with Gasteiger partial charge in [0.25, 0.3) is 0 Å². The standard InChI is InChI=1S/C45H32N4OS/c1-3-13-28-26(2)51-44-29(28)22-24-36-40(44)32-23-25-35-39(43(32)48(36)27-14-6-4-7-15-27)30-16-10-11-19-34(30)49(35)45-46-33-18-12-21-38-41(33)42(47-45)31-17-8-5-9-20-37(31)50-38/h3-4,6-25,33H,5H2,1-2H3,(H,46,47)/b13-3-. The van der Waals surface area contributed by atoms with Gasteiger partial charge in [-0.3, -0.25) is 4.57 Å². The van der Waals surface area contributed by atoms with Gasteiger partial charge in [-0.1, -0.05) is 91.1 Å². The van der Waals surface area contributed by atoms with Crippen molar-refractivity contribution in [3.63, 3.8) is 0 Å². The molecule has 51 heavy (non-hydrogen) atoms. The number of thiophene rings is 1. The number of hydrogen-bond acceptors (Lipinski definition) is 4. The van der Waals surface area contributed by atoms with E-state index >= 15 is 0 Å². The Morgan fingerprint density at radius 1 is 0.843 bits per heavy atom. The van der Waals surface area contributed by atoms with E-state index in [2.05, 4.69) is 156 Å². The molecule has 4 aromatic carbocycles. The molecule has 2 aliphatic heterocycles. The molecule has 0 saturated heterocycles. The average molecular weight is 677 g/mol. The molecule has 1 N–H and O–H groups in total. The molecule has 3 aromatic heterocycles. The first-order chi connectivity index (χ1) is 25.2. The molecule has 0 spiro atoms. The normalized spacial score (nSPS) is 18.2. The van der Waals surface area contributed by atoms with E-state index in [1.807, 2.05) is 17.4 Å². The van der Waals surface area contributed by atoms with Crippen LogP contribution in [0.4, 0.5) is 0 Å². The van der Waals surface area contributed by atoms with Crippen LogP contribution in [-0.2, 0) is 4.74 Å². The predicted octanol–water partition coefficient (Wildman–Crippen LogP) is 11.1. The van der Waals surface area contributed by atoms with Gasteiger partial charge in [-0.2, -0.15) is 0 Å². The van der Waals surface area contributed by atoms with Gasteiger partial charge in [0, 0.05) is 53.3 Å². The van der Waals surface area contributed by atoms with E-state index in [9.17, 15) is 0 Å². The fourth-order valence-corrected chi connectivity index (χ4v) is 9.72. The number of allylic oxidation sites excluding steroid dienone is 7. The summed E-state index contributed by atoms with van der Waals surface area (Å²) in [4.78, 5) is 6.81. The Morgan fingerprint density at radius 2 is 1.65 bits per heavy atom. The summed E-state index contributed by atoms with van der Waals surface area (Å²) in [6, 6.07) is 28.8. The van der Waals surface area contributed by atoms with Gasteiger partial charge in [0.05, 0.1) is 33.8 Å². The number of nitrogens with one attached hydrogen (secondary N) is 1. The SMILES string of the molecule is C/C=C\c1c(C)sc2c1ccc1c2c2ccc3c(c4ccccc4n3C3=NC4=C5C(=CC=CC5N3)OC3=C4C=CCC=C3)c2n1-c1ccccc1. The minimum atomic E-state index is -0.0698. The van der Waals surface area contributed by atoms with Crippen molar-refractivity contribution in [2.24, 2.45) is 4.99 Å². The third-order valence-corrected chi connectivity index (χ3v) is 11.8. The molecule has 244 valence electrons. The number of fused-ring (bicyclic) bond motifs is 10. The van der Waals surface area contributed by atoms with Crippen LogP contribution in [0.3, 0.4) is 0 Å². The topological polar surface area (TPSA) is 43.5 Å². The summed E-state index contributed by atoms with van der Waals surface area (Å²) in [5.41, 5.74) is 10.2. The highest BCUT2D eigenvalue weighted by Crippen LogP contribution is 2.47. The first-order valence-electron chi connectivity index (χ1n) is 17.5. The highest BCUT2D eigenvalue weighted by molar-refractivity contribution is 7.20. The Labute approximate surface area is 298 Å². The maximum absolute atomic E-state index is 6.43. The summed E-state index contributed by atoms with van der Waals surface area (Å²) < 4.78 is 12.6. The van der Waals surface area contributed by atoms with E-state index < -0.39 is 0 Å². The van der Waals surface area contributed by atoms with Crippen molar-refractivity contribution in [3.8, 4) is 5.69 Å². The monoisotopic (exact) mass is 676 g/mol. The average Bonchev–Trinajstić information content (AvgIpc) is 3.71. The maximum atomic E-state index is 6.43. The van der Waals surface area contributed by atoms with Crippen LogP contribution >= 0.6 is 11.3 Å². The summed E-state index contributed by atoms with van der Waals surface area (Å²) in [7, 11) is 0. The summed E-state index contributed by atoms with van der Waals surface area (Å²) in [6.07, 6.45) is 20.2. The lowest BCUT2D eigenvalue weighted by Crippen LogP contribution is -2.44. The minimum Gasteiger partial charge on any atom is -0.456 e. The zero-order valence-corrected chi connectivity index (χ0v) is 29.0. The summed E-state index contributed by atoms with van der Waals surface area (Å²) in [5, 5.41) is 10.1. The van der Waals surface area contributed by atoms with Crippen molar-refractivity contribution in [2.75, 3.05) is 0 Å². The Balaban J connectivity index is 1.27. The number of aromatic nitrogens is 2. The second kappa shape index (κ2) is 10.7. The number of nitrogens with zero attached hydrogens (tertiary/aromatic N) is 3. The van der Waals surface area contributed by atoms with E-state index in [1.165, 1.54) is 53.1 Å². The van der Waals surface area contributed by atoms with Crippen LogP contribution in [0.1, 0.15) is 23.8 Å². The van der Waals surface area contributed by atoms with Gasteiger partial charge in [-0.25, -0.2) is 4.99 Å². The molecular weight excluding hydrogens is 645 g/mol. The fraction of sp³-hybridized carbons (Fsp3) is 0.0889. The van der Waals surface area contributed by atoms with Gasteiger partial charge in [-0.15, -0.1) is 11.3 Å². The van der Waals surface area contributed by atoms with Crippen molar-refractivity contribution in [3.05, 3.63) is 166 Å². The highest BCUT2D eigenvalue weighted by Gasteiger charge is 2.36. The lowest BCUT2D eigenvalue weighted by atomic mass is 9.91. The first-order valence-corrected chi connectivity index (χ1v) is 18.4. The third kappa shape index (κ3) is 3.94. The zero-order chi connectivity index (χ0) is 33.8. The number of aryl methyl sites for hydroxylation is 1. The number of para-hydroxylation sites is 2. The molecule has 4 aliphatic rings. The van der Waals surface area contributed by atoms with Gasteiger partial charge in [-0.05, 0) is 68.3 Å². The van der Waals surface area contributed by atoms with Gasteiger partial charge in [0.2, 0.25) is 5.96 Å². The number of benzene rings is 4. The van der Waals surface area contributed by atoms with Crippen LogP contribution in [0.2, 0.25) is 0 Å². The molecule has 6 heteroatoms. The molecule has 0 radical (unpaired) electrons. The minimum absolute atomic E-state index is 0.0698. The van der Waals surface area contributed by atoms with Crippen LogP contribution in [-0.4, -0.2) is 21.1 Å². The van der Waals surface area contributed by atoms with Crippen molar-refractivity contribution >= 4 is 77.1 Å². The third-order valence-electron chi connectivity index (χ3n) is 10.6. The Morgan fingerprint density at radius 3 is 2.53 bits per heavy atom. The second-order valence-electron chi connectivity index (χ2n) is 13.4. The van der Waals surface area contributed by atoms with Crippen LogP contribution < -0.4 is 5.32 Å². The van der Waals surface area contributed by atoms with Crippen LogP contribution in [0.25, 0.3) is 65.5 Å². The van der Waals surface area contributed by atoms with Gasteiger partial charge >= 0.3 is 0 Å². The Kier molecular flexibility index (Phi) is 6.02. The van der Waals surface area contributed by atoms with E-state index in [1.54, 1.807) is 0 Å². The van der Waals surface area contributed by atoms with E-state index in [-0.39, 0.29) is 6.04 Å². The lowest BCUT2D eigenvalue weighted by Gasteiger charge is -2.34. The second-order valence-corrected chi connectivity index (χ2v) is 14.7. The molecule has 1 atom stereocenters. The number of aliphatic imine (C=N–C) groups is 1. The van der Waals surface area contributed by atoms with E-state index in [0.717, 1.165) is 57.5 Å².